The Kier molecular flexibility index (Phi) is 5.55. The molecule has 0 saturated heterocycles. The molecule has 0 bridgehead atoms. The average Bonchev–Trinajstić information content (AvgIpc) is 2.24. The van der Waals surface area contributed by atoms with Crippen molar-refractivity contribution in [3.8, 4) is 0 Å². The minimum Gasteiger partial charge on any atom is -0.288 e. The minimum absolute atomic E-state index is 0.189. The lowest BCUT2D eigenvalue weighted by atomic mass is 10.0. The number of carbonyl (C=O) groups is 1. The van der Waals surface area contributed by atoms with Crippen LogP contribution in [0.25, 0.3) is 0 Å². The lowest BCUT2D eigenvalue weighted by Crippen LogP contribution is -2.06. The summed E-state index contributed by atoms with van der Waals surface area (Å²) in [5.41, 5.74) is 0.812. The number of nitrogens with zero attached hydrogens (tertiary/aromatic N) is 1. The maximum absolute atomic E-state index is 12.2. The number of hydrogen-bond donors (Lipinski definition) is 0. The fourth-order valence-corrected chi connectivity index (χ4v) is 2.71. The van der Waals surface area contributed by atoms with E-state index >= 15 is 0 Å². The van der Waals surface area contributed by atoms with Gasteiger partial charge in [0.15, 0.2) is 5.78 Å². The molecule has 0 saturated carbocycles. The SMILES string of the molecule is C=C/C=C(\C(=C)Cl)C(=O)c1cnc(Br)cc1I. The van der Waals surface area contributed by atoms with Crippen LogP contribution in [0.3, 0.4) is 0 Å². The molecular formula is C12H8BrClINO. The van der Waals surface area contributed by atoms with Crippen molar-refractivity contribution in [3.05, 3.63) is 61.9 Å². The predicted molar refractivity (Wildman–Crippen MR) is 82.3 cm³/mol. The van der Waals surface area contributed by atoms with Crippen LogP contribution in [0.2, 0.25) is 0 Å². The van der Waals surface area contributed by atoms with Gasteiger partial charge in [0, 0.05) is 20.4 Å². The molecule has 5 heteroatoms. The highest BCUT2D eigenvalue weighted by atomic mass is 127. The van der Waals surface area contributed by atoms with Gasteiger partial charge in [-0.2, -0.15) is 0 Å². The zero-order valence-electron chi connectivity index (χ0n) is 8.71. The van der Waals surface area contributed by atoms with Crippen molar-refractivity contribution in [2.24, 2.45) is 0 Å². The van der Waals surface area contributed by atoms with Gasteiger partial charge in [0.05, 0.1) is 5.56 Å². The van der Waals surface area contributed by atoms with Crippen LogP contribution < -0.4 is 0 Å². The third-order valence-electron chi connectivity index (χ3n) is 1.89. The number of pyridine rings is 1. The van der Waals surface area contributed by atoms with E-state index in [2.05, 4.69) is 56.7 Å². The molecule has 0 aliphatic carbocycles. The van der Waals surface area contributed by atoms with Gasteiger partial charge in [-0.15, -0.1) is 0 Å². The maximum atomic E-state index is 12.2. The molecule has 0 aliphatic heterocycles. The van der Waals surface area contributed by atoms with Crippen molar-refractivity contribution in [2.75, 3.05) is 0 Å². The van der Waals surface area contributed by atoms with Crippen molar-refractivity contribution >= 4 is 55.9 Å². The third kappa shape index (κ3) is 3.76. The van der Waals surface area contributed by atoms with Crippen LogP contribution in [0.1, 0.15) is 10.4 Å². The summed E-state index contributed by atoms with van der Waals surface area (Å²) in [6.45, 7) is 7.11. The summed E-state index contributed by atoms with van der Waals surface area (Å²) in [5.74, 6) is -0.214. The van der Waals surface area contributed by atoms with Gasteiger partial charge in [-0.1, -0.05) is 36.9 Å². The number of hydrogen-bond acceptors (Lipinski definition) is 2. The van der Waals surface area contributed by atoms with Crippen molar-refractivity contribution in [3.63, 3.8) is 0 Å². The van der Waals surface area contributed by atoms with E-state index in [9.17, 15) is 4.79 Å². The van der Waals surface area contributed by atoms with Crippen molar-refractivity contribution < 1.29 is 4.79 Å². The van der Waals surface area contributed by atoms with Crippen LogP contribution in [0.15, 0.2) is 52.8 Å². The average molecular weight is 424 g/mol. The molecule has 17 heavy (non-hydrogen) atoms. The Bertz CT molecular complexity index is 525. The first-order valence-electron chi connectivity index (χ1n) is 4.50. The van der Waals surface area contributed by atoms with Crippen LogP contribution in [0.4, 0.5) is 0 Å². The van der Waals surface area contributed by atoms with Gasteiger partial charge in [-0.05, 0) is 44.6 Å². The number of halogens is 3. The van der Waals surface area contributed by atoms with Gasteiger partial charge >= 0.3 is 0 Å². The molecule has 0 aliphatic rings. The molecule has 0 fully saturated rings. The van der Waals surface area contributed by atoms with Gasteiger partial charge < -0.3 is 0 Å². The molecular weight excluding hydrogens is 416 g/mol. The first-order valence-corrected chi connectivity index (χ1v) is 6.75. The molecule has 0 amide bonds. The zero-order chi connectivity index (χ0) is 13.0. The quantitative estimate of drug-likeness (QED) is 0.234. The van der Waals surface area contributed by atoms with Crippen LogP contribution in [0.5, 0.6) is 0 Å². The number of ketones is 1. The molecule has 1 aromatic heterocycles. The highest BCUT2D eigenvalue weighted by molar-refractivity contribution is 14.1. The first kappa shape index (κ1) is 14.6. The van der Waals surface area contributed by atoms with E-state index in [1.54, 1.807) is 6.07 Å². The van der Waals surface area contributed by atoms with Gasteiger partial charge in [-0.3, -0.25) is 4.79 Å². The molecule has 0 aromatic carbocycles. The standard InChI is InChI=1S/C12H8BrClINO/c1-3-4-8(7(2)14)12(17)9-6-16-11(13)5-10(9)15/h3-6H,1-2H2/b8-4+. The van der Waals surface area contributed by atoms with Crippen molar-refractivity contribution in [1.29, 1.82) is 0 Å². The van der Waals surface area contributed by atoms with Crippen LogP contribution in [0, 0.1) is 3.57 Å². The van der Waals surface area contributed by atoms with E-state index in [4.69, 9.17) is 11.6 Å². The highest BCUT2D eigenvalue weighted by Gasteiger charge is 2.17. The molecule has 88 valence electrons. The van der Waals surface area contributed by atoms with Crippen molar-refractivity contribution in [1.82, 2.24) is 4.98 Å². The molecule has 0 radical (unpaired) electrons. The first-order chi connectivity index (χ1) is 7.97. The summed E-state index contributed by atoms with van der Waals surface area (Å²) < 4.78 is 1.47. The number of aromatic nitrogens is 1. The van der Waals surface area contributed by atoms with Crippen LogP contribution in [-0.2, 0) is 0 Å². The molecule has 0 unspecified atom stereocenters. The van der Waals surface area contributed by atoms with E-state index in [0.29, 0.717) is 15.7 Å². The second-order valence-electron chi connectivity index (χ2n) is 3.04. The summed E-state index contributed by atoms with van der Waals surface area (Å²) in [4.78, 5) is 16.2. The summed E-state index contributed by atoms with van der Waals surface area (Å²) in [6, 6.07) is 1.76. The van der Waals surface area contributed by atoms with Gasteiger partial charge in [0.25, 0.3) is 0 Å². The Morgan fingerprint density at radius 1 is 1.59 bits per heavy atom. The summed E-state index contributed by atoms with van der Waals surface area (Å²) >= 11 is 11.1. The Morgan fingerprint density at radius 3 is 2.71 bits per heavy atom. The van der Waals surface area contributed by atoms with E-state index in [1.165, 1.54) is 18.3 Å². The summed E-state index contributed by atoms with van der Waals surface area (Å²) in [6.07, 6.45) is 4.54. The molecule has 0 N–H and O–H groups in total. The minimum atomic E-state index is -0.214. The van der Waals surface area contributed by atoms with E-state index < -0.39 is 0 Å². The maximum Gasteiger partial charge on any atom is 0.197 e. The highest BCUT2D eigenvalue weighted by Crippen LogP contribution is 2.23. The number of allylic oxidation sites excluding steroid dienone is 4. The Hall–Kier alpha value is -0.460. The van der Waals surface area contributed by atoms with E-state index in [-0.39, 0.29) is 10.8 Å². The zero-order valence-corrected chi connectivity index (χ0v) is 13.2. The molecule has 1 heterocycles. The summed E-state index contributed by atoms with van der Waals surface area (Å²) in [7, 11) is 0. The predicted octanol–water partition coefficient (Wildman–Crippen LogP) is 4.50. The van der Waals surface area contributed by atoms with E-state index in [1.807, 2.05) is 0 Å². The lowest BCUT2D eigenvalue weighted by Gasteiger charge is -2.06. The molecule has 1 aromatic rings. The Balaban J connectivity index is 3.24. The second kappa shape index (κ2) is 6.47. The molecule has 0 atom stereocenters. The lowest BCUT2D eigenvalue weighted by molar-refractivity contribution is 0.103. The molecule has 0 spiro atoms. The number of Topliss-reactive ketones (excluding diaryl/α,β-unsaturated/α-hetero) is 1. The van der Waals surface area contributed by atoms with Crippen LogP contribution >= 0.6 is 50.1 Å². The Labute approximate surface area is 127 Å². The fraction of sp³-hybridized carbons (Fsp3) is 0. The molecule has 1 rings (SSSR count). The number of carbonyl (C=O) groups excluding carboxylic acids is 1. The largest absolute Gasteiger partial charge is 0.288 e. The number of rotatable bonds is 4. The van der Waals surface area contributed by atoms with Gasteiger partial charge in [0.2, 0.25) is 0 Å². The normalized spacial score (nSPS) is 11.1. The smallest absolute Gasteiger partial charge is 0.197 e. The fourth-order valence-electron chi connectivity index (χ4n) is 1.13. The molecule has 2 nitrogen and oxygen atoms in total. The topological polar surface area (TPSA) is 30.0 Å². The monoisotopic (exact) mass is 423 g/mol. The van der Waals surface area contributed by atoms with Crippen LogP contribution in [-0.4, -0.2) is 10.8 Å². The summed E-state index contributed by atoms with van der Waals surface area (Å²) in [5, 5.41) is 0.189. The van der Waals surface area contributed by atoms with Gasteiger partial charge in [0.1, 0.15) is 4.60 Å². The second-order valence-corrected chi connectivity index (χ2v) is 5.47. The van der Waals surface area contributed by atoms with Crippen molar-refractivity contribution in [2.45, 2.75) is 0 Å². The van der Waals surface area contributed by atoms with Gasteiger partial charge in [-0.25, -0.2) is 4.98 Å². The van der Waals surface area contributed by atoms with E-state index in [0.717, 1.165) is 3.57 Å². The Morgan fingerprint density at radius 2 is 2.24 bits per heavy atom. The third-order valence-corrected chi connectivity index (χ3v) is 3.42.